The fourth-order valence-corrected chi connectivity index (χ4v) is 12.8. The zero-order valence-electron chi connectivity index (χ0n) is 41.1. The average Bonchev–Trinajstić information content (AvgIpc) is 3.68. The van der Waals surface area contributed by atoms with Crippen LogP contribution < -0.4 is 21.7 Å². The van der Waals surface area contributed by atoms with Crippen molar-refractivity contribution < 1.29 is 29.0 Å². The summed E-state index contributed by atoms with van der Waals surface area (Å²) in [6.45, 7) is 9.31. The van der Waals surface area contributed by atoms with E-state index >= 15 is 0 Å². The average molecular weight is 936 g/mol. The van der Waals surface area contributed by atoms with Crippen molar-refractivity contribution in [2.45, 2.75) is 178 Å². The molecule has 15 nitrogen and oxygen atoms in total. The second-order valence-electron chi connectivity index (χ2n) is 21.5. The Morgan fingerprint density at radius 1 is 0.838 bits per heavy atom. The van der Waals surface area contributed by atoms with Gasteiger partial charge in [0.1, 0.15) is 12.1 Å². The summed E-state index contributed by atoms with van der Waals surface area (Å²) in [7, 11) is 1.31. The van der Waals surface area contributed by atoms with Crippen molar-refractivity contribution in [3.63, 3.8) is 0 Å². The number of hydrogen-bond acceptors (Lipinski definition) is 10. The maximum atomic E-state index is 13.9. The molecule has 6 aliphatic rings. The van der Waals surface area contributed by atoms with Gasteiger partial charge in [0.15, 0.2) is 0 Å². The number of methoxy groups -OCH3 is 1. The lowest BCUT2D eigenvalue weighted by Gasteiger charge is -2.44. The Hall–Kier alpha value is -5.18. The number of carbonyl (C=O) groups excluding carboxylic acids is 3. The van der Waals surface area contributed by atoms with Crippen LogP contribution in [0.3, 0.4) is 0 Å². The number of aliphatic imine (C=N–C) groups is 1. The number of benzene rings is 2. The van der Waals surface area contributed by atoms with Crippen LogP contribution in [-0.4, -0.2) is 124 Å². The van der Waals surface area contributed by atoms with Crippen molar-refractivity contribution >= 4 is 46.8 Å². The molecule has 370 valence electrons. The van der Waals surface area contributed by atoms with Gasteiger partial charge in [-0.3, -0.25) is 19.5 Å². The summed E-state index contributed by atoms with van der Waals surface area (Å²) in [5.41, 5.74) is 12.2. The molecule has 68 heavy (non-hydrogen) atoms. The topological polar surface area (TPSA) is 206 Å². The van der Waals surface area contributed by atoms with E-state index in [0.717, 1.165) is 101 Å². The first kappa shape index (κ1) is 49.2. The highest BCUT2D eigenvalue weighted by Crippen LogP contribution is 2.51. The van der Waals surface area contributed by atoms with Gasteiger partial charge in [-0.1, -0.05) is 64.1 Å². The van der Waals surface area contributed by atoms with Crippen LogP contribution >= 0.6 is 0 Å². The molecule has 7 N–H and O–H groups in total. The largest absolute Gasteiger partial charge is 0.465 e. The molecular formula is C53H77N9O6. The van der Waals surface area contributed by atoms with Crippen molar-refractivity contribution in [1.29, 1.82) is 5.41 Å². The summed E-state index contributed by atoms with van der Waals surface area (Å²) in [6.07, 6.45) is 12.5. The predicted octanol–water partition coefficient (Wildman–Crippen LogP) is 8.36. The molecule has 3 aliphatic carbocycles. The first-order chi connectivity index (χ1) is 32.7. The summed E-state index contributed by atoms with van der Waals surface area (Å²) in [4.78, 5) is 63.1. The van der Waals surface area contributed by atoms with Crippen LogP contribution in [0.1, 0.15) is 147 Å². The number of likely N-dealkylation sites (tertiary alicyclic amines) is 3. The van der Waals surface area contributed by atoms with Gasteiger partial charge in [0.05, 0.1) is 54.1 Å². The lowest BCUT2D eigenvalue weighted by molar-refractivity contribution is -0.136. The first-order valence-corrected chi connectivity index (χ1v) is 25.7. The summed E-state index contributed by atoms with van der Waals surface area (Å²) < 4.78 is 4.81. The summed E-state index contributed by atoms with van der Waals surface area (Å²) in [5, 5.41) is 28.1. The first-order valence-electron chi connectivity index (χ1n) is 25.7. The fraction of sp³-hybridized carbons (Fsp3) is 0.660. The minimum atomic E-state index is -1.18. The number of nitrogens with zero attached hydrogens (tertiary/aromatic N) is 4. The molecule has 7 atom stereocenters. The number of carboxylic acid groups (broad SMARTS) is 1. The summed E-state index contributed by atoms with van der Waals surface area (Å²) >= 11 is 0. The summed E-state index contributed by atoms with van der Waals surface area (Å²) in [5.74, 6) is 0.362. The number of nitrogens with two attached hydrogens (primary N) is 1. The number of alkyl carbamates (subject to hydrolysis) is 1. The highest BCUT2D eigenvalue weighted by atomic mass is 16.5. The number of nitrogen functional groups attached to an aromatic ring is 1. The standard InChI is InChI=1S/C53H77N9O6/c1-32(2)47(57-51(65)66)50(64)61-28-10-14-46(61)53(25-26-53)59-43-30-37(17-21-40(43)54)45-24-23-44(62(45)38-19-15-35(16-20-38)34-11-7-6-8-12-34)36-18-22-42(41(55)29-36)56-31-39-13-9-27-60(39)49(63)48(33(3)4)58-52(67)68-5/h6-8,11-12,17,21,30,32-33,35-36,38-39,44-48,55,57,59H,9-10,13-16,18-20,22-29,31,54H2,1-5H3,(H,58,67)(H,65,66). The molecule has 0 bridgehead atoms. The molecule has 8 rings (SSSR count). The third kappa shape index (κ3) is 10.7. The lowest BCUT2D eigenvalue weighted by Crippen LogP contribution is -2.56. The SMILES string of the molecule is COC(=O)NC(C(=O)N1CCCC1CN=C1CCC(C2CCC(c3ccc(N)c(NC4(C5CCCN5C(=O)C(NC(=O)O)C(C)C)CC4)c3)N2C2CCC(c3ccccc3)CC2)CC1=N)C(C)C. The van der Waals surface area contributed by atoms with E-state index in [0.29, 0.717) is 61.4 Å². The van der Waals surface area contributed by atoms with E-state index in [4.69, 9.17) is 15.5 Å². The van der Waals surface area contributed by atoms with Crippen molar-refractivity contribution in [3.05, 3.63) is 59.7 Å². The molecule has 7 unspecified atom stereocenters. The molecule has 4 amide bonds. The number of rotatable bonds is 15. The van der Waals surface area contributed by atoms with Crippen molar-refractivity contribution in [1.82, 2.24) is 25.3 Å². The maximum Gasteiger partial charge on any atom is 0.407 e. The normalized spacial score (nSPS) is 28.7. The maximum absolute atomic E-state index is 13.9. The minimum absolute atomic E-state index is 0.0516. The highest BCUT2D eigenvalue weighted by molar-refractivity contribution is 6.41. The van der Waals surface area contributed by atoms with Crippen LogP contribution in [-0.2, 0) is 14.3 Å². The molecule has 15 heteroatoms. The Morgan fingerprint density at radius 2 is 1.51 bits per heavy atom. The molecule has 2 aromatic rings. The minimum Gasteiger partial charge on any atom is -0.465 e. The van der Waals surface area contributed by atoms with Gasteiger partial charge >= 0.3 is 12.2 Å². The number of anilines is 2. The number of amides is 4. The molecule has 3 heterocycles. The van der Waals surface area contributed by atoms with Gasteiger partial charge in [0.2, 0.25) is 11.8 Å². The van der Waals surface area contributed by atoms with Crippen molar-refractivity contribution in [2.24, 2.45) is 22.7 Å². The lowest BCUT2D eigenvalue weighted by atomic mass is 9.78. The Kier molecular flexibility index (Phi) is 15.4. The Balaban J connectivity index is 0.984. The van der Waals surface area contributed by atoms with Crippen LogP contribution in [0, 0.1) is 23.2 Å². The molecule has 6 fully saturated rings. The van der Waals surface area contributed by atoms with Gasteiger partial charge in [-0.05, 0) is 143 Å². The molecule has 0 radical (unpaired) electrons. The Labute approximate surface area is 403 Å². The molecule has 0 spiro atoms. The second-order valence-corrected chi connectivity index (χ2v) is 21.5. The fourth-order valence-electron chi connectivity index (χ4n) is 12.8. The monoisotopic (exact) mass is 936 g/mol. The molecule has 3 saturated carbocycles. The van der Waals surface area contributed by atoms with E-state index < -0.39 is 24.3 Å². The predicted molar refractivity (Wildman–Crippen MR) is 266 cm³/mol. The van der Waals surface area contributed by atoms with Crippen LogP contribution in [0.2, 0.25) is 0 Å². The van der Waals surface area contributed by atoms with Gasteiger partial charge in [0, 0.05) is 31.2 Å². The van der Waals surface area contributed by atoms with Crippen LogP contribution in [0.25, 0.3) is 0 Å². The van der Waals surface area contributed by atoms with Gasteiger partial charge < -0.3 is 46.7 Å². The van der Waals surface area contributed by atoms with Gasteiger partial charge in [-0.2, -0.15) is 0 Å². The highest BCUT2D eigenvalue weighted by Gasteiger charge is 2.55. The van der Waals surface area contributed by atoms with Gasteiger partial charge in [-0.25, -0.2) is 9.59 Å². The zero-order chi connectivity index (χ0) is 48.3. The van der Waals surface area contributed by atoms with E-state index in [9.17, 15) is 29.7 Å². The van der Waals surface area contributed by atoms with Crippen LogP contribution in [0.15, 0.2) is 53.5 Å². The van der Waals surface area contributed by atoms with Gasteiger partial charge in [0.25, 0.3) is 0 Å². The van der Waals surface area contributed by atoms with Crippen molar-refractivity contribution in [2.75, 3.05) is 37.8 Å². The zero-order valence-corrected chi connectivity index (χ0v) is 41.1. The molecule has 2 aromatic carbocycles. The van der Waals surface area contributed by atoms with Gasteiger partial charge in [-0.15, -0.1) is 0 Å². The van der Waals surface area contributed by atoms with Crippen LogP contribution in [0.4, 0.5) is 21.0 Å². The molecule has 3 aliphatic heterocycles. The number of ether oxygens (including phenoxy) is 1. The van der Waals surface area contributed by atoms with E-state index in [1.807, 2.05) is 43.6 Å². The number of nitrogens with one attached hydrogen (secondary N) is 4. The molecule has 3 saturated heterocycles. The number of carbonyl (C=O) groups is 4. The third-order valence-electron chi connectivity index (χ3n) is 16.5. The number of hydrogen-bond donors (Lipinski definition) is 6. The van der Waals surface area contributed by atoms with E-state index in [-0.39, 0.29) is 47.3 Å². The summed E-state index contributed by atoms with van der Waals surface area (Å²) in [6, 6.07) is 16.8. The smallest absolute Gasteiger partial charge is 0.407 e. The second kappa shape index (κ2) is 21.2. The van der Waals surface area contributed by atoms with E-state index in [2.05, 4.69) is 63.3 Å². The van der Waals surface area contributed by atoms with E-state index in [1.54, 1.807) is 0 Å². The van der Waals surface area contributed by atoms with E-state index in [1.165, 1.54) is 18.2 Å². The Morgan fingerprint density at radius 3 is 2.18 bits per heavy atom. The molecule has 0 aromatic heterocycles. The van der Waals surface area contributed by atoms with Crippen LogP contribution in [0.5, 0.6) is 0 Å². The Bertz CT molecular complexity index is 2170. The molecular weight excluding hydrogens is 859 g/mol. The third-order valence-corrected chi connectivity index (χ3v) is 16.5. The quantitative estimate of drug-likeness (QED) is 0.0948. The van der Waals surface area contributed by atoms with Crippen molar-refractivity contribution in [3.8, 4) is 0 Å².